The molecule has 0 heterocycles. The van der Waals surface area contributed by atoms with Gasteiger partial charge in [0.2, 0.25) is 0 Å². The Balaban J connectivity index is 2.04. The number of carbonyl (C=O) groups is 2. The molecule has 0 saturated heterocycles. The summed E-state index contributed by atoms with van der Waals surface area (Å²) in [5, 5.41) is 2.80. The van der Waals surface area contributed by atoms with Crippen LogP contribution in [-0.4, -0.2) is 25.1 Å². The molecule has 0 spiro atoms. The molecule has 0 aliphatic heterocycles. The van der Waals surface area contributed by atoms with Gasteiger partial charge in [0, 0.05) is 5.69 Å². The van der Waals surface area contributed by atoms with Crippen LogP contribution in [0.3, 0.4) is 0 Å². The van der Waals surface area contributed by atoms with E-state index in [4.69, 9.17) is 4.74 Å². The van der Waals surface area contributed by atoms with Crippen molar-refractivity contribution in [3.05, 3.63) is 59.7 Å². The number of hydrogen-bond acceptors (Lipinski definition) is 4. The zero-order valence-corrected chi connectivity index (χ0v) is 14.0. The Morgan fingerprint density at radius 1 is 1.08 bits per heavy atom. The van der Waals surface area contributed by atoms with E-state index in [1.165, 1.54) is 7.11 Å². The molecule has 0 saturated carbocycles. The average molecular weight is 327 g/mol. The summed E-state index contributed by atoms with van der Waals surface area (Å²) < 4.78 is 10.5. The van der Waals surface area contributed by atoms with Crippen molar-refractivity contribution < 1.29 is 19.1 Å². The first-order valence-corrected chi connectivity index (χ1v) is 7.76. The Kier molecular flexibility index (Phi) is 5.95. The molecule has 24 heavy (non-hydrogen) atoms. The van der Waals surface area contributed by atoms with Crippen LogP contribution in [0.15, 0.2) is 48.5 Å². The van der Waals surface area contributed by atoms with Gasteiger partial charge in [-0.3, -0.25) is 4.79 Å². The molecule has 5 nitrogen and oxygen atoms in total. The minimum Gasteiger partial charge on any atom is -0.480 e. The van der Waals surface area contributed by atoms with Gasteiger partial charge in [0.1, 0.15) is 5.75 Å². The second-order valence-electron chi connectivity index (χ2n) is 5.34. The maximum Gasteiger partial charge on any atom is 0.337 e. The first-order valence-electron chi connectivity index (χ1n) is 7.76. The third kappa shape index (κ3) is 4.35. The largest absolute Gasteiger partial charge is 0.480 e. The summed E-state index contributed by atoms with van der Waals surface area (Å²) in [7, 11) is 1.33. The second-order valence-corrected chi connectivity index (χ2v) is 5.34. The quantitative estimate of drug-likeness (QED) is 0.824. The first kappa shape index (κ1) is 17.5. The number of para-hydroxylation sites is 1. The monoisotopic (exact) mass is 327 g/mol. The van der Waals surface area contributed by atoms with Gasteiger partial charge in [-0.15, -0.1) is 0 Å². The first-order chi connectivity index (χ1) is 11.5. The Morgan fingerprint density at radius 2 is 1.75 bits per heavy atom. The minimum atomic E-state index is -0.591. The van der Waals surface area contributed by atoms with Crippen LogP contribution in [0.1, 0.15) is 29.3 Å². The number of rotatable bonds is 6. The zero-order chi connectivity index (χ0) is 17.5. The smallest absolute Gasteiger partial charge is 0.337 e. The molecular formula is C19H21NO4. The number of nitrogens with one attached hydrogen (secondary N) is 1. The molecule has 0 bridgehead atoms. The number of hydrogen-bond donors (Lipinski definition) is 1. The van der Waals surface area contributed by atoms with Crippen molar-refractivity contribution in [1.29, 1.82) is 0 Å². The molecule has 5 heteroatoms. The Morgan fingerprint density at radius 3 is 2.33 bits per heavy atom. The van der Waals surface area contributed by atoms with E-state index < -0.39 is 12.1 Å². The molecule has 2 aromatic rings. The molecule has 0 aliphatic rings. The van der Waals surface area contributed by atoms with E-state index in [1.54, 1.807) is 24.3 Å². The van der Waals surface area contributed by atoms with Crippen molar-refractivity contribution in [3.63, 3.8) is 0 Å². The third-order valence-electron chi connectivity index (χ3n) is 3.60. The van der Waals surface area contributed by atoms with Crippen LogP contribution in [0.4, 0.5) is 5.69 Å². The van der Waals surface area contributed by atoms with Gasteiger partial charge in [-0.05, 0) is 49.2 Å². The highest BCUT2D eigenvalue weighted by Crippen LogP contribution is 2.20. The number of anilines is 1. The predicted octanol–water partition coefficient (Wildman–Crippen LogP) is 3.58. The maximum atomic E-state index is 12.4. The van der Waals surface area contributed by atoms with Gasteiger partial charge < -0.3 is 14.8 Å². The van der Waals surface area contributed by atoms with Crippen LogP contribution in [0, 0.1) is 6.92 Å². The standard InChI is InChI=1S/C19H21NO4/c1-4-16(24-17-8-6-5-7-13(17)2)18(21)20-15-11-9-14(10-12-15)19(22)23-3/h5-12,16H,4H2,1-3H3,(H,20,21)/t16-/m0/s1. The van der Waals surface area contributed by atoms with Crippen LogP contribution in [0.2, 0.25) is 0 Å². The number of esters is 1. The fourth-order valence-corrected chi connectivity index (χ4v) is 2.19. The highest BCUT2D eigenvalue weighted by molar-refractivity contribution is 5.95. The molecule has 1 N–H and O–H groups in total. The second kappa shape index (κ2) is 8.15. The lowest BCUT2D eigenvalue weighted by Gasteiger charge is -2.18. The van der Waals surface area contributed by atoms with E-state index in [0.29, 0.717) is 23.4 Å². The number of amides is 1. The van der Waals surface area contributed by atoms with E-state index >= 15 is 0 Å². The molecule has 126 valence electrons. The molecule has 0 fully saturated rings. The van der Waals surface area contributed by atoms with E-state index in [9.17, 15) is 9.59 Å². The van der Waals surface area contributed by atoms with Gasteiger partial charge in [0.25, 0.3) is 5.91 Å². The van der Waals surface area contributed by atoms with Crippen molar-refractivity contribution in [3.8, 4) is 5.75 Å². The summed E-state index contributed by atoms with van der Waals surface area (Å²) in [6.45, 7) is 3.83. The van der Waals surface area contributed by atoms with Gasteiger partial charge in [0.05, 0.1) is 12.7 Å². The van der Waals surface area contributed by atoms with Gasteiger partial charge in [0.15, 0.2) is 6.10 Å². The molecule has 2 rings (SSSR count). The van der Waals surface area contributed by atoms with E-state index in [-0.39, 0.29) is 5.91 Å². The summed E-state index contributed by atoms with van der Waals surface area (Å²) in [6.07, 6.45) is -0.0492. The fraction of sp³-hybridized carbons (Fsp3) is 0.263. The van der Waals surface area contributed by atoms with Crippen molar-refractivity contribution in [2.75, 3.05) is 12.4 Å². The molecule has 1 atom stereocenters. The fourth-order valence-electron chi connectivity index (χ4n) is 2.19. The van der Waals surface area contributed by atoms with Gasteiger partial charge >= 0.3 is 5.97 Å². The van der Waals surface area contributed by atoms with Crippen molar-refractivity contribution >= 4 is 17.6 Å². The number of methoxy groups -OCH3 is 1. The zero-order valence-electron chi connectivity index (χ0n) is 14.0. The molecule has 0 aromatic heterocycles. The molecule has 2 aromatic carbocycles. The molecule has 0 radical (unpaired) electrons. The Bertz CT molecular complexity index is 710. The van der Waals surface area contributed by atoms with Crippen molar-refractivity contribution in [1.82, 2.24) is 0 Å². The maximum absolute atomic E-state index is 12.4. The summed E-state index contributed by atoms with van der Waals surface area (Å²) in [5.41, 5.74) is 2.00. The van der Waals surface area contributed by atoms with E-state index in [2.05, 4.69) is 10.1 Å². The Labute approximate surface area is 141 Å². The van der Waals surface area contributed by atoms with Gasteiger partial charge in [-0.1, -0.05) is 25.1 Å². The van der Waals surface area contributed by atoms with Crippen LogP contribution in [0.5, 0.6) is 5.75 Å². The average Bonchev–Trinajstić information content (AvgIpc) is 2.61. The number of aryl methyl sites for hydroxylation is 1. The van der Waals surface area contributed by atoms with Gasteiger partial charge in [-0.2, -0.15) is 0 Å². The van der Waals surface area contributed by atoms with Crippen molar-refractivity contribution in [2.24, 2.45) is 0 Å². The lowest BCUT2D eigenvalue weighted by atomic mass is 10.2. The van der Waals surface area contributed by atoms with Crippen LogP contribution in [-0.2, 0) is 9.53 Å². The Hall–Kier alpha value is -2.82. The van der Waals surface area contributed by atoms with Crippen LogP contribution < -0.4 is 10.1 Å². The summed E-state index contributed by atoms with van der Waals surface area (Å²) >= 11 is 0. The third-order valence-corrected chi connectivity index (χ3v) is 3.60. The SMILES string of the molecule is CC[C@H](Oc1ccccc1C)C(=O)Nc1ccc(C(=O)OC)cc1. The topological polar surface area (TPSA) is 64.6 Å². The molecule has 0 aliphatic carbocycles. The normalized spacial score (nSPS) is 11.5. The van der Waals surface area contributed by atoms with Crippen LogP contribution >= 0.6 is 0 Å². The summed E-state index contributed by atoms with van der Waals surface area (Å²) in [4.78, 5) is 23.8. The van der Waals surface area contributed by atoms with Crippen LogP contribution in [0.25, 0.3) is 0 Å². The summed E-state index contributed by atoms with van der Waals surface area (Å²) in [6, 6.07) is 14.1. The lowest BCUT2D eigenvalue weighted by Crippen LogP contribution is -2.32. The van der Waals surface area contributed by atoms with Crippen molar-refractivity contribution in [2.45, 2.75) is 26.4 Å². The minimum absolute atomic E-state index is 0.230. The number of ether oxygens (including phenoxy) is 2. The highest BCUT2D eigenvalue weighted by Gasteiger charge is 2.19. The molecule has 0 unspecified atom stereocenters. The number of carbonyl (C=O) groups excluding carboxylic acids is 2. The predicted molar refractivity (Wildman–Crippen MR) is 92.3 cm³/mol. The van der Waals surface area contributed by atoms with E-state index in [1.807, 2.05) is 38.1 Å². The molecule has 1 amide bonds. The van der Waals surface area contributed by atoms with Gasteiger partial charge in [-0.25, -0.2) is 4.79 Å². The highest BCUT2D eigenvalue weighted by atomic mass is 16.5. The lowest BCUT2D eigenvalue weighted by molar-refractivity contribution is -0.122. The summed E-state index contributed by atoms with van der Waals surface area (Å²) in [5.74, 6) is 0.0503. The van der Waals surface area contributed by atoms with E-state index in [0.717, 1.165) is 5.56 Å². The number of benzene rings is 2. The molecular weight excluding hydrogens is 306 g/mol.